The average Bonchev–Trinajstić information content (AvgIpc) is 3.37. The lowest BCUT2D eigenvalue weighted by molar-refractivity contribution is -0.117. The van der Waals surface area contributed by atoms with Gasteiger partial charge in [-0.25, -0.2) is 4.98 Å². The summed E-state index contributed by atoms with van der Waals surface area (Å²) in [5.74, 6) is 0.0406. The van der Waals surface area contributed by atoms with Crippen molar-refractivity contribution in [3.05, 3.63) is 64.6 Å². The monoisotopic (exact) mass is 477 g/mol. The van der Waals surface area contributed by atoms with Crippen LogP contribution in [0.3, 0.4) is 0 Å². The minimum absolute atomic E-state index is 0.00470. The number of nitrogens with two attached hydrogens (primary N) is 1. The molecule has 3 N–H and O–H groups in total. The first-order valence-electron chi connectivity index (χ1n) is 11.7. The molecule has 3 aromatic rings. The van der Waals surface area contributed by atoms with Crippen LogP contribution in [0.5, 0.6) is 0 Å². The Balaban J connectivity index is 1.51. The van der Waals surface area contributed by atoms with Gasteiger partial charge in [0, 0.05) is 53.3 Å². The zero-order chi connectivity index (χ0) is 23.8. The second-order valence-corrected chi connectivity index (χ2v) is 9.68. The maximum Gasteiger partial charge on any atom is 0.250 e. The Morgan fingerprint density at radius 1 is 1.15 bits per heavy atom. The van der Waals surface area contributed by atoms with Gasteiger partial charge in [0.2, 0.25) is 5.91 Å². The Labute approximate surface area is 203 Å². The molecule has 1 aliphatic carbocycles. The molecule has 1 aliphatic heterocycles. The van der Waals surface area contributed by atoms with E-state index in [1.54, 1.807) is 12.4 Å². The molecule has 7 nitrogen and oxygen atoms in total. The highest BCUT2D eigenvalue weighted by molar-refractivity contribution is 6.33. The highest BCUT2D eigenvalue weighted by Crippen LogP contribution is 2.35. The lowest BCUT2D eigenvalue weighted by Gasteiger charge is -2.16. The van der Waals surface area contributed by atoms with Gasteiger partial charge >= 0.3 is 0 Å². The number of hydrogen-bond acceptors (Lipinski definition) is 4. The Hall–Kier alpha value is -3.16. The number of nitrogens with one attached hydrogen (secondary N) is 1. The molecule has 0 unspecified atom stereocenters. The van der Waals surface area contributed by atoms with Crippen LogP contribution < -0.4 is 11.1 Å². The first-order valence-corrected chi connectivity index (χ1v) is 12.1. The molecular formula is C26H28ClN5O2. The summed E-state index contributed by atoms with van der Waals surface area (Å²) in [5.41, 5.74) is 10.5. The maximum absolute atomic E-state index is 12.4. The van der Waals surface area contributed by atoms with Crippen LogP contribution in [0.4, 0.5) is 5.82 Å². The molecule has 0 bridgehead atoms. The molecule has 34 heavy (non-hydrogen) atoms. The number of halogens is 1. The van der Waals surface area contributed by atoms with Crippen LogP contribution in [0.15, 0.2) is 42.9 Å². The van der Waals surface area contributed by atoms with Gasteiger partial charge in [0.15, 0.2) is 0 Å². The standard InChI is InChI=1S/C26H28ClN5O2/c1-16-12-29-24(30-26(34)18-5-6-18)11-23(16)32-14-20(21(15-32)25(28)33)19-10-17(4-7-22(19)27)13-31-8-2-3-9-31/h4,7,10-12,14-15,18H,2-3,5-6,8-9,13H2,1H3,(H2,28,33)(H,29,30,34). The highest BCUT2D eigenvalue weighted by Gasteiger charge is 2.30. The summed E-state index contributed by atoms with van der Waals surface area (Å²) in [4.78, 5) is 31.3. The Morgan fingerprint density at radius 2 is 1.91 bits per heavy atom. The zero-order valence-corrected chi connectivity index (χ0v) is 19.9. The van der Waals surface area contributed by atoms with Gasteiger partial charge in [0.25, 0.3) is 5.91 Å². The second-order valence-electron chi connectivity index (χ2n) is 9.27. The normalized spacial score (nSPS) is 16.1. The van der Waals surface area contributed by atoms with Crippen molar-refractivity contribution < 1.29 is 9.59 Å². The molecule has 8 heteroatoms. The first kappa shape index (κ1) is 22.6. The van der Waals surface area contributed by atoms with E-state index in [1.807, 2.05) is 42.0 Å². The molecule has 2 aromatic heterocycles. The number of nitrogens with zero attached hydrogens (tertiary/aromatic N) is 3. The van der Waals surface area contributed by atoms with Gasteiger partial charge in [-0.15, -0.1) is 0 Å². The molecular weight excluding hydrogens is 450 g/mol. The van der Waals surface area contributed by atoms with Gasteiger partial charge in [-0.1, -0.05) is 17.7 Å². The largest absolute Gasteiger partial charge is 0.366 e. The van der Waals surface area contributed by atoms with E-state index in [-0.39, 0.29) is 11.8 Å². The third-order valence-corrected chi connectivity index (χ3v) is 6.90. The van der Waals surface area contributed by atoms with Crippen LogP contribution in [-0.4, -0.2) is 39.4 Å². The van der Waals surface area contributed by atoms with Crippen molar-refractivity contribution >= 4 is 29.2 Å². The third kappa shape index (κ3) is 4.72. The average molecular weight is 478 g/mol. The number of aromatic nitrogens is 2. The molecule has 1 saturated carbocycles. The predicted octanol–water partition coefficient (Wildman–Crippen LogP) is 4.54. The lowest BCUT2D eigenvalue weighted by Crippen LogP contribution is -2.18. The van der Waals surface area contributed by atoms with E-state index in [0.29, 0.717) is 22.0 Å². The number of likely N-dealkylation sites (tertiary alicyclic amines) is 1. The van der Waals surface area contributed by atoms with Crippen LogP contribution in [0.1, 0.15) is 47.2 Å². The quantitative estimate of drug-likeness (QED) is 0.522. The van der Waals surface area contributed by atoms with Gasteiger partial charge in [0.05, 0.1) is 11.3 Å². The molecule has 2 fully saturated rings. The number of anilines is 1. The minimum atomic E-state index is -0.524. The highest BCUT2D eigenvalue weighted by atomic mass is 35.5. The van der Waals surface area contributed by atoms with Crippen LogP contribution >= 0.6 is 11.6 Å². The number of carbonyl (C=O) groups excluding carboxylic acids is 2. The molecule has 5 rings (SSSR count). The Bertz CT molecular complexity index is 1260. The van der Waals surface area contributed by atoms with E-state index in [1.165, 1.54) is 12.8 Å². The summed E-state index contributed by atoms with van der Waals surface area (Å²) < 4.78 is 1.85. The van der Waals surface area contributed by atoms with Crippen molar-refractivity contribution in [3.63, 3.8) is 0 Å². The van der Waals surface area contributed by atoms with Crippen molar-refractivity contribution in [2.45, 2.75) is 39.2 Å². The van der Waals surface area contributed by atoms with Crippen molar-refractivity contribution in [2.24, 2.45) is 11.7 Å². The van der Waals surface area contributed by atoms with Crippen LogP contribution in [-0.2, 0) is 11.3 Å². The third-order valence-electron chi connectivity index (χ3n) is 6.57. The SMILES string of the molecule is Cc1cnc(NC(=O)C2CC2)cc1-n1cc(C(N)=O)c(-c2cc(CN3CCCC3)ccc2Cl)c1. The lowest BCUT2D eigenvalue weighted by atomic mass is 10.0. The molecule has 1 saturated heterocycles. The van der Waals surface area contributed by atoms with E-state index in [0.717, 1.165) is 54.9 Å². The van der Waals surface area contributed by atoms with Crippen LogP contribution in [0.25, 0.3) is 16.8 Å². The van der Waals surface area contributed by atoms with Gasteiger partial charge in [-0.3, -0.25) is 14.5 Å². The van der Waals surface area contributed by atoms with Crippen molar-refractivity contribution in [3.8, 4) is 16.8 Å². The van der Waals surface area contributed by atoms with Crippen LogP contribution in [0, 0.1) is 12.8 Å². The Kier molecular flexibility index (Phi) is 6.15. The molecule has 2 amide bonds. The van der Waals surface area contributed by atoms with Crippen molar-refractivity contribution in [1.82, 2.24) is 14.5 Å². The molecule has 0 atom stereocenters. The number of amides is 2. The Morgan fingerprint density at radius 3 is 2.62 bits per heavy atom. The summed E-state index contributed by atoms with van der Waals surface area (Å²) in [7, 11) is 0. The van der Waals surface area contributed by atoms with E-state index in [4.69, 9.17) is 17.3 Å². The van der Waals surface area contributed by atoms with Crippen LogP contribution in [0.2, 0.25) is 5.02 Å². The number of primary amides is 1. The molecule has 0 spiro atoms. The van der Waals surface area contributed by atoms with Crippen molar-refractivity contribution in [2.75, 3.05) is 18.4 Å². The summed E-state index contributed by atoms with van der Waals surface area (Å²) in [6.45, 7) is 4.98. The summed E-state index contributed by atoms with van der Waals surface area (Å²) >= 11 is 6.60. The molecule has 2 aliphatic rings. The number of pyridine rings is 1. The molecule has 1 aromatic carbocycles. The van der Waals surface area contributed by atoms with E-state index in [9.17, 15) is 9.59 Å². The number of carbonyl (C=O) groups is 2. The van der Waals surface area contributed by atoms with E-state index < -0.39 is 5.91 Å². The predicted molar refractivity (Wildman–Crippen MR) is 133 cm³/mol. The zero-order valence-electron chi connectivity index (χ0n) is 19.2. The molecule has 0 radical (unpaired) electrons. The number of rotatable bonds is 7. The minimum Gasteiger partial charge on any atom is -0.366 e. The van der Waals surface area contributed by atoms with Gasteiger partial charge in [0.1, 0.15) is 5.82 Å². The molecule has 176 valence electrons. The number of benzene rings is 1. The van der Waals surface area contributed by atoms with E-state index in [2.05, 4.69) is 15.2 Å². The number of hydrogen-bond donors (Lipinski definition) is 2. The van der Waals surface area contributed by atoms with Gasteiger partial charge in [-0.05, 0) is 69.0 Å². The van der Waals surface area contributed by atoms with Gasteiger partial charge < -0.3 is 15.6 Å². The smallest absolute Gasteiger partial charge is 0.250 e. The van der Waals surface area contributed by atoms with Crippen molar-refractivity contribution in [1.29, 1.82) is 0 Å². The topological polar surface area (TPSA) is 93.2 Å². The summed E-state index contributed by atoms with van der Waals surface area (Å²) in [5, 5.41) is 3.45. The fraction of sp³-hybridized carbons (Fsp3) is 0.346. The summed E-state index contributed by atoms with van der Waals surface area (Å²) in [6, 6.07) is 7.78. The fourth-order valence-electron chi connectivity index (χ4n) is 4.51. The molecule has 3 heterocycles. The first-order chi connectivity index (χ1) is 16.4. The maximum atomic E-state index is 12.4. The number of aryl methyl sites for hydroxylation is 1. The van der Waals surface area contributed by atoms with E-state index >= 15 is 0 Å². The second kappa shape index (κ2) is 9.24. The summed E-state index contributed by atoms with van der Waals surface area (Å²) in [6.07, 6.45) is 9.60. The fourth-order valence-corrected chi connectivity index (χ4v) is 4.73. The van der Waals surface area contributed by atoms with Gasteiger partial charge in [-0.2, -0.15) is 0 Å².